The van der Waals surface area contributed by atoms with E-state index in [4.69, 9.17) is 0 Å². The molecule has 21 heavy (non-hydrogen) atoms. The Morgan fingerprint density at radius 1 is 1.33 bits per heavy atom. The number of hydrogen-bond acceptors (Lipinski definition) is 3. The van der Waals surface area contributed by atoms with Gasteiger partial charge in [0.1, 0.15) is 0 Å². The molecule has 1 unspecified atom stereocenters. The second-order valence-electron chi connectivity index (χ2n) is 5.27. The van der Waals surface area contributed by atoms with Crippen LogP contribution in [0.5, 0.6) is 0 Å². The number of aromatic nitrogens is 2. The molecule has 0 aliphatic carbocycles. The lowest BCUT2D eigenvalue weighted by molar-refractivity contribution is 0.0962. The van der Waals surface area contributed by atoms with Crippen LogP contribution in [0.25, 0.3) is 0 Å². The van der Waals surface area contributed by atoms with Gasteiger partial charge in [-0.15, -0.1) is 0 Å². The molecule has 0 saturated carbocycles. The van der Waals surface area contributed by atoms with E-state index in [0.717, 1.165) is 22.5 Å². The minimum absolute atomic E-state index is 0.0682. The Morgan fingerprint density at radius 3 is 2.62 bits per heavy atom. The fraction of sp³-hybridized carbons (Fsp3) is 0.375. The number of hydrogen-bond donors (Lipinski definition) is 2. The number of rotatable bonds is 4. The Balaban J connectivity index is 2.27. The fourth-order valence-electron chi connectivity index (χ4n) is 2.53. The molecule has 1 atom stereocenters. The highest BCUT2D eigenvalue weighted by Gasteiger charge is 2.15. The van der Waals surface area contributed by atoms with Crippen LogP contribution in [-0.2, 0) is 7.05 Å². The molecule has 5 nitrogen and oxygen atoms in total. The van der Waals surface area contributed by atoms with Gasteiger partial charge >= 0.3 is 0 Å². The number of nitrogens with zero attached hydrogens (tertiary/aromatic N) is 2. The van der Waals surface area contributed by atoms with Crippen LogP contribution in [0.4, 0.5) is 5.69 Å². The zero-order valence-corrected chi connectivity index (χ0v) is 13.2. The summed E-state index contributed by atoms with van der Waals surface area (Å²) in [5, 5.41) is 10.5. The second-order valence-corrected chi connectivity index (χ2v) is 5.27. The van der Waals surface area contributed by atoms with Crippen molar-refractivity contribution < 1.29 is 4.79 Å². The van der Waals surface area contributed by atoms with E-state index >= 15 is 0 Å². The van der Waals surface area contributed by atoms with Gasteiger partial charge in [0.2, 0.25) is 0 Å². The third-order valence-electron chi connectivity index (χ3n) is 3.70. The highest BCUT2D eigenvalue weighted by atomic mass is 16.1. The van der Waals surface area contributed by atoms with E-state index in [1.54, 1.807) is 7.05 Å². The van der Waals surface area contributed by atoms with Crippen molar-refractivity contribution in [3.63, 3.8) is 0 Å². The fourth-order valence-corrected chi connectivity index (χ4v) is 2.53. The summed E-state index contributed by atoms with van der Waals surface area (Å²) in [6, 6.07) is 5.84. The molecule has 0 saturated heterocycles. The molecule has 2 aromatic rings. The van der Waals surface area contributed by atoms with E-state index in [1.807, 2.05) is 50.0 Å². The van der Waals surface area contributed by atoms with E-state index in [2.05, 4.69) is 22.7 Å². The summed E-state index contributed by atoms with van der Waals surface area (Å²) in [4.78, 5) is 11.8. The summed E-state index contributed by atoms with van der Waals surface area (Å²) in [6.45, 7) is 6.05. The normalized spacial score (nSPS) is 12.0. The first-order valence-corrected chi connectivity index (χ1v) is 7.02. The molecule has 5 heteroatoms. The quantitative estimate of drug-likeness (QED) is 0.908. The van der Waals surface area contributed by atoms with Crippen molar-refractivity contribution in [3.8, 4) is 0 Å². The third kappa shape index (κ3) is 3.07. The van der Waals surface area contributed by atoms with E-state index < -0.39 is 0 Å². The van der Waals surface area contributed by atoms with E-state index in [1.165, 1.54) is 0 Å². The molecule has 0 bridgehead atoms. The van der Waals surface area contributed by atoms with Crippen molar-refractivity contribution in [1.29, 1.82) is 0 Å². The predicted molar refractivity (Wildman–Crippen MR) is 84.6 cm³/mol. The maximum absolute atomic E-state index is 11.8. The Bertz CT molecular complexity index is 660. The minimum Gasteiger partial charge on any atom is -0.378 e. The molecular formula is C16H22N4O. The van der Waals surface area contributed by atoms with Crippen LogP contribution in [-0.4, -0.2) is 22.7 Å². The van der Waals surface area contributed by atoms with Gasteiger partial charge in [-0.1, -0.05) is 6.07 Å². The van der Waals surface area contributed by atoms with Crippen molar-refractivity contribution >= 4 is 11.6 Å². The molecule has 0 spiro atoms. The van der Waals surface area contributed by atoms with Crippen molar-refractivity contribution in [3.05, 3.63) is 46.8 Å². The average Bonchev–Trinajstić information content (AvgIpc) is 2.79. The first kappa shape index (κ1) is 15.1. The first-order chi connectivity index (χ1) is 9.93. The molecule has 2 N–H and O–H groups in total. The molecule has 2 rings (SSSR count). The van der Waals surface area contributed by atoms with Crippen LogP contribution >= 0.6 is 0 Å². The van der Waals surface area contributed by atoms with E-state index in [9.17, 15) is 4.79 Å². The van der Waals surface area contributed by atoms with Gasteiger partial charge < -0.3 is 10.6 Å². The predicted octanol–water partition coefficient (Wildman–Crippen LogP) is 2.57. The maximum atomic E-state index is 11.8. The summed E-state index contributed by atoms with van der Waals surface area (Å²) in [5.41, 5.74) is 4.77. The lowest BCUT2D eigenvalue weighted by atomic mass is 10.0. The van der Waals surface area contributed by atoms with Crippen molar-refractivity contribution in [2.45, 2.75) is 26.8 Å². The van der Waals surface area contributed by atoms with Gasteiger partial charge in [0.05, 0.1) is 11.7 Å². The Morgan fingerprint density at radius 2 is 2.05 bits per heavy atom. The van der Waals surface area contributed by atoms with Crippen LogP contribution in [0, 0.1) is 13.8 Å². The van der Waals surface area contributed by atoms with Gasteiger partial charge in [0, 0.05) is 37.1 Å². The summed E-state index contributed by atoms with van der Waals surface area (Å²) >= 11 is 0. The summed E-state index contributed by atoms with van der Waals surface area (Å²) in [5.74, 6) is -0.0682. The van der Waals surface area contributed by atoms with E-state index in [-0.39, 0.29) is 11.9 Å². The molecule has 0 fully saturated rings. The molecule has 1 amide bonds. The highest BCUT2D eigenvalue weighted by Crippen LogP contribution is 2.25. The maximum Gasteiger partial charge on any atom is 0.251 e. The average molecular weight is 286 g/mol. The molecule has 1 heterocycles. The van der Waals surface area contributed by atoms with E-state index in [0.29, 0.717) is 5.56 Å². The molecular weight excluding hydrogens is 264 g/mol. The monoisotopic (exact) mass is 286 g/mol. The van der Waals surface area contributed by atoms with Crippen LogP contribution in [0.2, 0.25) is 0 Å². The minimum atomic E-state index is -0.0682. The molecule has 1 aromatic carbocycles. The number of aryl methyl sites for hydroxylation is 2. The molecule has 0 aliphatic rings. The highest BCUT2D eigenvalue weighted by molar-refractivity contribution is 5.96. The van der Waals surface area contributed by atoms with Crippen LogP contribution in [0.3, 0.4) is 0 Å². The second kappa shape index (κ2) is 5.99. The van der Waals surface area contributed by atoms with Gasteiger partial charge in [-0.3, -0.25) is 9.48 Å². The zero-order chi connectivity index (χ0) is 15.6. The molecule has 1 aromatic heterocycles. The standard InChI is InChI=1S/C16H22N4O/c1-10-13(16(21)17-4)7-6-8-15(10)18-11(2)14-9-20(5)19-12(14)3/h6-9,11,18H,1-5H3,(H,17,21). The first-order valence-electron chi connectivity index (χ1n) is 7.02. The van der Waals surface area contributed by atoms with Crippen LogP contribution in [0.15, 0.2) is 24.4 Å². The number of benzene rings is 1. The Labute approximate surface area is 125 Å². The summed E-state index contributed by atoms with van der Waals surface area (Å²) in [7, 11) is 3.56. The van der Waals surface area contributed by atoms with Gasteiger partial charge in [0.15, 0.2) is 0 Å². The van der Waals surface area contributed by atoms with Crippen molar-refractivity contribution in [2.75, 3.05) is 12.4 Å². The van der Waals surface area contributed by atoms with Gasteiger partial charge in [-0.2, -0.15) is 5.10 Å². The number of carbonyl (C=O) groups excluding carboxylic acids is 1. The molecule has 0 aliphatic heterocycles. The Kier molecular flexibility index (Phi) is 4.31. The van der Waals surface area contributed by atoms with Crippen molar-refractivity contribution in [1.82, 2.24) is 15.1 Å². The number of nitrogens with one attached hydrogen (secondary N) is 2. The molecule has 0 radical (unpaired) electrons. The van der Waals surface area contributed by atoms with Crippen molar-refractivity contribution in [2.24, 2.45) is 7.05 Å². The topological polar surface area (TPSA) is 59.0 Å². The number of carbonyl (C=O) groups is 1. The van der Waals surface area contributed by atoms with Gasteiger partial charge in [0.25, 0.3) is 5.91 Å². The largest absolute Gasteiger partial charge is 0.378 e. The zero-order valence-electron chi connectivity index (χ0n) is 13.2. The summed E-state index contributed by atoms with van der Waals surface area (Å²) in [6.07, 6.45) is 2.02. The SMILES string of the molecule is CNC(=O)c1cccc(NC(C)c2cn(C)nc2C)c1C. The number of amides is 1. The third-order valence-corrected chi connectivity index (χ3v) is 3.70. The Hall–Kier alpha value is -2.30. The molecule has 112 valence electrons. The van der Waals surface area contributed by atoms with Crippen LogP contribution < -0.4 is 10.6 Å². The van der Waals surface area contributed by atoms with Gasteiger partial charge in [-0.25, -0.2) is 0 Å². The lowest BCUT2D eigenvalue weighted by Gasteiger charge is -2.18. The lowest BCUT2D eigenvalue weighted by Crippen LogP contribution is -2.19. The van der Waals surface area contributed by atoms with Gasteiger partial charge in [-0.05, 0) is 38.5 Å². The summed E-state index contributed by atoms with van der Waals surface area (Å²) < 4.78 is 1.82. The smallest absolute Gasteiger partial charge is 0.251 e. The van der Waals surface area contributed by atoms with Crippen LogP contribution in [0.1, 0.15) is 40.1 Å². The number of anilines is 1.